The van der Waals surface area contributed by atoms with E-state index in [0.717, 1.165) is 23.6 Å². The monoisotopic (exact) mass is 266 g/mol. The van der Waals surface area contributed by atoms with Gasteiger partial charge in [-0.1, -0.05) is 18.7 Å². The lowest BCUT2D eigenvalue weighted by atomic mass is 10.1. The third-order valence-corrected chi connectivity index (χ3v) is 4.13. The summed E-state index contributed by atoms with van der Waals surface area (Å²) in [4.78, 5) is 4.38. The maximum absolute atomic E-state index is 6.15. The number of nitrogens with zero attached hydrogens (tertiary/aromatic N) is 1. The number of thioether (sulfide) groups is 1. The maximum Gasteiger partial charge on any atom is 0.256 e. The van der Waals surface area contributed by atoms with Crippen LogP contribution in [0.4, 0.5) is 0 Å². The van der Waals surface area contributed by atoms with Crippen molar-refractivity contribution >= 4 is 11.8 Å². The van der Waals surface area contributed by atoms with Gasteiger partial charge in [0.15, 0.2) is 0 Å². The molecule has 0 amide bonds. The number of furan rings is 1. The number of aryl methyl sites for hydroxylation is 2. The molecule has 0 radical (unpaired) electrons. The van der Waals surface area contributed by atoms with E-state index in [-0.39, 0.29) is 11.3 Å². The molecule has 0 aliphatic rings. The van der Waals surface area contributed by atoms with Crippen LogP contribution < -0.4 is 5.73 Å². The maximum atomic E-state index is 6.15. The van der Waals surface area contributed by atoms with Gasteiger partial charge in [0.05, 0.1) is 17.2 Å². The molecule has 2 rings (SSSR count). The fourth-order valence-electron chi connectivity index (χ4n) is 1.63. The minimum Gasteiger partial charge on any atom is -0.468 e. The molecule has 0 bridgehead atoms. The van der Waals surface area contributed by atoms with E-state index in [1.54, 1.807) is 6.26 Å². The van der Waals surface area contributed by atoms with Gasteiger partial charge in [0.2, 0.25) is 0 Å². The van der Waals surface area contributed by atoms with Crippen LogP contribution in [0, 0.1) is 13.8 Å². The van der Waals surface area contributed by atoms with Crippen LogP contribution in [-0.2, 0) is 0 Å². The average molecular weight is 266 g/mol. The summed E-state index contributed by atoms with van der Waals surface area (Å²) >= 11 is 1.52. The quantitative estimate of drug-likeness (QED) is 0.840. The van der Waals surface area contributed by atoms with Gasteiger partial charge in [-0.25, -0.2) is 4.98 Å². The van der Waals surface area contributed by atoms with Gasteiger partial charge < -0.3 is 14.6 Å². The number of hydrogen-bond acceptors (Lipinski definition) is 5. The highest BCUT2D eigenvalue weighted by Crippen LogP contribution is 2.38. The molecule has 0 saturated heterocycles. The normalized spacial score (nSPS) is 14.7. The van der Waals surface area contributed by atoms with E-state index in [1.807, 2.05) is 26.0 Å². The summed E-state index contributed by atoms with van der Waals surface area (Å²) in [6, 6.07) is 3.82. The molecule has 0 saturated carbocycles. The van der Waals surface area contributed by atoms with Crippen molar-refractivity contribution in [3.05, 3.63) is 35.6 Å². The summed E-state index contributed by atoms with van der Waals surface area (Å²) in [5.41, 5.74) is 7.07. The molecule has 4 nitrogen and oxygen atoms in total. The zero-order valence-corrected chi connectivity index (χ0v) is 11.7. The lowest BCUT2D eigenvalue weighted by Gasteiger charge is -2.18. The second-order valence-corrected chi connectivity index (χ2v) is 5.34. The highest BCUT2D eigenvalue weighted by molar-refractivity contribution is 7.99. The molecule has 0 aromatic carbocycles. The van der Waals surface area contributed by atoms with Crippen molar-refractivity contribution < 1.29 is 8.83 Å². The Kier molecular flexibility index (Phi) is 4.14. The number of oxazole rings is 1. The number of hydrogen-bond donors (Lipinski definition) is 1. The molecule has 2 unspecified atom stereocenters. The Bertz CT molecular complexity index is 474. The fraction of sp³-hybridized carbons (Fsp3) is 0.462. The lowest BCUT2D eigenvalue weighted by molar-refractivity contribution is 0.424. The third kappa shape index (κ3) is 2.79. The van der Waals surface area contributed by atoms with Crippen molar-refractivity contribution in [2.45, 2.75) is 43.7 Å². The first-order chi connectivity index (χ1) is 8.61. The summed E-state index contributed by atoms with van der Waals surface area (Å²) < 4.78 is 11.0. The van der Waals surface area contributed by atoms with Crippen molar-refractivity contribution in [1.29, 1.82) is 0 Å². The summed E-state index contributed by atoms with van der Waals surface area (Å²) in [5, 5.41) is 0.678. The molecule has 5 heteroatoms. The molecule has 0 fully saturated rings. The molecule has 2 aromatic rings. The van der Waals surface area contributed by atoms with Gasteiger partial charge in [-0.05, 0) is 32.4 Å². The highest BCUT2D eigenvalue weighted by atomic mass is 32.2. The van der Waals surface area contributed by atoms with Crippen LogP contribution >= 0.6 is 11.8 Å². The van der Waals surface area contributed by atoms with Gasteiger partial charge in [0.1, 0.15) is 11.5 Å². The zero-order chi connectivity index (χ0) is 13.1. The minimum atomic E-state index is 0.00802. The molecular weight excluding hydrogens is 248 g/mol. The molecule has 2 heterocycles. The van der Waals surface area contributed by atoms with Crippen LogP contribution in [0.5, 0.6) is 0 Å². The summed E-state index contributed by atoms with van der Waals surface area (Å²) in [7, 11) is 0. The molecule has 0 aliphatic carbocycles. The van der Waals surface area contributed by atoms with Crippen molar-refractivity contribution in [2.24, 2.45) is 5.73 Å². The van der Waals surface area contributed by atoms with Crippen LogP contribution in [0.3, 0.4) is 0 Å². The van der Waals surface area contributed by atoms with E-state index in [1.165, 1.54) is 11.8 Å². The van der Waals surface area contributed by atoms with E-state index >= 15 is 0 Å². The van der Waals surface area contributed by atoms with Crippen LogP contribution in [0.25, 0.3) is 0 Å². The fourth-order valence-corrected chi connectivity index (χ4v) is 2.82. The summed E-state index contributed by atoms with van der Waals surface area (Å²) in [6.45, 7) is 5.91. The molecule has 2 N–H and O–H groups in total. The summed E-state index contributed by atoms with van der Waals surface area (Å²) in [6.07, 6.45) is 2.54. The van der Waals surface area contributed by atoms with Crippen LogP contribution in [-0.4, -0.2) is 11.0 Å². The molecule has 0 spiro atoms. The SMILES string of the molecule is CCC(N)C(Sc1nc(C)c(C)o1)c1ccco1. The van der Waals surface area contributed by atoms with Gasteiger partial charge >= 0.3 is 0 Å². The highest BCUT2D eigenvalue weighted by Gasteiger charge is 2.25. The first kappa shape index (κ1) is 13.2. The number of nitrogens with two attached hydrogens (primary N) is 1. The smallest absolute Gasteiger partial charge is 0.256 e. The van der Waals surface area contributed by atoms with Gasteiger partial charge in [-0.15, -0.1) is 0 Å². The molecule has 2 aromatic heterocycles. The van der Waals surface area contributed by atoms with Crippen molar-refractivity contribution in [3.8, 4) is 0 Å². The predicted octanol–water partition coefficient (Wildman–Crippen LogP) is 3.46. The number of aromatic nitrogens is 1. The molecule has 18 heavy (non-hydrogen) atoms. The van der Waals surface area contributed by atoms with Crippen LogP contribution in [0.2, 0.25) is 0 Å². The van der Waals surface area contributed by atoms with Crippen LogP contribution in [0.15, 0.2) is 32.5 Å². The Hall–Kier alpha value is -1.20. The van der Waals surface area contributed by atoms with Gasteiger partial charge in [-0.3, -0.25) is 0 Å². The minimum absolute atomic E-state index is 0.00802. The van der Waals surface area contributed by atoms with Gasteiger partial charge in [-0.2, -0.15) is 0 Å². The Morgan fingerprint density at radius 3 is 2.72 bits per heavy atom. The van der Waals surface area contributed by atoms with E-state index in [0.29, 0.717) is 5.22 Å². The van der Waals surface area contributed by atoms with Crippen LogP contribution in [0.1, 0.15) is 35.8 Å². The van der Waals surface area contributed by atoms with E-state index in [9.17, 15) is 0 Å². The Balaban J connectivity index is 2.20. The van der Waals surface area contributed by atoms with Gasteiger partial charge in [0.25, 0.3) is 5.22 Å². The predicted molar refractivity (Wildman–Crippen MR) is 71.5 cm³/mol. The molecule has 0 aliphatic heterocycles. The molecular formula is C13H18N2O2S. The zero-order valence-electron chi connectivity index (χ0n) is 10.8. The first-order valence-corrected chi connectivity index (χ1v) is 6.89. The summed E-state index contributed by atoms with van der Waals surface area (Å²) in [5.74, 6) is 1.71. The average Bonchev–Trinajstić information content (AvgIpc) is 2.96. The first-order valence-electron chi connectivity index (χ1n) is 6.01. The lowest BCUT2D eigenvalue weighted by Crippen LogP contribution is -2.25. The second kappa shape index (κ2) is 5.63. The van der Waals surface area contributed by atoms with E-state index in [4.69, 9.17) is 14.6 Å². The third-order valence-electron chi connectivity index (χ3n) is 2.92. The Labute approximate surface area is 111 Å². The standard InChI is InChI=1S/C13H18N2O2S/c1-4-10(14)12(11-6-5-7-16-11)18-13-15-8(2)9(3)17-13/h5-7,10,12H,4,14H2,1-3H3. The van der Waals surface area contributed by atoms with Crippen molar-refractivity contribution in [1.82, 2.24) is 4.98 Å². The molecule has 98 valence electrons. The van der Waals surface area contributed by atoms with Gasteiger partial charge in [0, 0.05) is 6.04 Å². The topological polar surface area (TPSA) is 65.2 Å². The Morgan fingerprint density at radius 1 is 1.44 bits per heavy atom. The van der Waals surface area contributed by atoms with E-state index < -0.39 is 0 Å². The van der Waals surface area contributed by atoms with E-state index in [2.05, 4.69) is 11.9 Å². The largest absolute Gasteiger partial charge is 0.468 e. The molecule has 2 atom stereocenters. The second-order valence-electron chi connectivity index (χ2n) is 4.25. The van der Waals surface area contributed by atoms with Crippen molar-refractivity contribution in [2.75, 3.05) is 0 Å². The number of rotatable bonds is 5. The Morgan fingerprint density at radius 2 is 2.22 bits per heavy atom. The van der Waals surface area contributed by atoms with Crippen molar-refractivity contribution in [3.63, 3.8) is 0 Å².